The lowest BCUT2D eigenvalue weighted by Crippen LogP contribution is -2.45. The number of para-hydroxylation sites is 1. The van der Waals surface area contributed by atoms with Crippen molar-refractivity contribution in [1.82, 2.24) is 10.2 Å². The van der Waals surface area contributed by atoms with Crippen molar-refractivity contribution >= 4 is 6.03 Å². The van der Waals surface area contributed by atoms with E-state index in [0.29, 0.717) is 12.5 Å². The van der Waals surface area contributed by atoms with Crippen LogP contribution in [0.2, 0.25) is 0 Å². The number of benzene rings is 1. The molecule has 0 radical (unpaired) electrons. The average molecular weight is 348 g/mol. The Morgan fingerprint density at radius 2 is 1.88 bits per heavy atom. The number of nitrogens with one attached hydrogen (secondary N) is 1. The molecule has 2 rings (SSSR count). The lowest BCUT2D eigenvalue weighted by atomic mass is 9.86. The molecule has 25 heavy (non-hydrogen) atoms. The molecule has 1 aromatic rings. The van der Waals surface area contributed by atoms with Gasteiger partial charge in [-0.15, -0.1) is 0 Å². The van der Waals surface area contributed by atoms with Gasteiger partial charge in [0.25, 0.3) is 0 Å². The highest BCUT2D eigenvalue weighted by atomic mass is 16.5. The maximum atomic E-state index is 12.5. The highest BCUT2D eigenvalue weighted by Gasteiger charge is 2.26. The maximum absolute atomic E-state index is 12.5. The number of carbonyl (C=O) groups excluding carboxylic acids is 1. The minimum absolute atomic E-state index is 0.0574. The lowest BCUT2D eigenvalue weighted by molar-refractivity contribution is 0.128. The Kier molecular flexibility index (Phi) is 6.71. The number of amides is 2. The maximum Gasteiger partial charge on any atom is 0.317 e. The van der Waals surface area contributed by atoms with Crippen LogP contribution >= 0.6 is 0 Å². The Hall–Kier alpha value is -1.75. The predicted molar refractivity (Wildman–Crippen MR) is 99.7 cm³/mol. The third kappa shape index (κ3) is 5.92. The molecule has 2 N–H and O–H groups in total. The second kappa shape index (κ2) is 8.56. The van der Waals surface area contributed by atoms with Gasteiger partial charge in [0.15, 0.2) is 0 Å². The Balaban J connectivity index is 1.90. The number of carbonyl (C=O) groups is 1. The van der Waals surface area contributed by atoms with Gasteiger partial charge in [-0.2, -0.15) is 0 Å². The first-order chi connectivity index (χ1) is 11.8. The first-order valence-corrected chi connectivity index (χ1v) is 9.18. The molecular weight excluding hydrogens is 316 g/mol. The summed E-state index contributed by atoms with van der Waals surface area (Å²) >= 11 is 0. The molecule has 0 bridgehead atoms. The molecular formula is C20H32N2O3. The van der Waals surface area contributed by atoms with E-state index in [4.69, 9.17) is 4.74 Å². The number of aliphatic hydroxyl groups is 1. The van der Waals surface area contributed by atoms with Crippen LogP contribution in [0, 0.1) is 5.92 Å². The first kappa shape index (κ1) is 19.6. The van der Waals surface area contributed by atoms with E-state index in [-0.39, 0.29) is 24.3 Å². The monoisotopic (exact) mass is 348 g/mol. The summed E-state index contributed by atoms with van der Waals surface area (Å²) in [7, 11) is 1.86. The Bertz CT molecular complexity index is 560. The van der Waals surface area contributed by atoms with Gasteiger partial charge in [-0.25, -0.2) is 4.79 Å². The van der Waals surface area contributed by atoms with Crippen LogP contribution in [0.15, 0.2) is 24.3 Å². The fraction of sp³-hybridized carbons (Fsp3) is 0.650. The van der Waals surface area contributed by atoms with Crippen LogP contribution in [-0.2, 0) is 6.54 Å². The van der Waals surface area contributed by atoms with Crippen LogP contribution in [0.4, 0.5) is 4.79 Å². The molecule has 0 spiro atoms. The predicted octanol–water partition coefficient (Wildman–Crippen LogP) is 3.56. The third-order valence-electron chi connectivity index (χ3n) is 4.76. The summed E-state index contributed by atoms with van der Waals surface area (Å²) < 4.78 is 5.98. The summed E-state index contributed by atoms with van der Waals surface area (Å²) in [5, 5.41) is 12.2. The van der Waals surface area contributed by atoms with E-state index >= 15 is 0 Å². The van der Waals surface area contributed by atoms with E-state index in [9.17, 15) is 9.90 Å². The molecule has 140 valence electrons. The van der Waals surface area contributed by atoms with Crippen molar-refractivity contribution in [2.24, 2.45) is 5.92 Å². The van der Waals surface area contributed by atoms with Crippen LogP contribution in [-0.4, -0.2) is 41.3 Å². The summed E-state index contributed by atoms with van der Waals surface area (Å²) in [5.41, 5.74) is 0.700. The number of ether oxygens (including phenoxy) is 1. The molecule has 0 aliphatic heterocycles. The van der Waals surface area contributed by atoms with Crippen molar-refractivity contribution in [3.05, 3.63) is 29.8 Å². The van der Waals surface area contributed by atoms with Crippen molar-refractivity contribution in [3.8, 4) is 5.75 Å². The molecule has 5 nitrogen and oxygen atoms in total. The molecule has 2 amide bonds. The summed E-state index contributed by atoms with van der Waals surface area (Å²) in [6.45, 7) is 6.74. The fourth-order valence-electron chi connectivity index (χ4n) is 3.26. The van der Waals surface area contributed by atoms with Gasteiger partial charge in [-0.1, -0.05) is 18.2 Å². The SMILES string of the molecule is CN(C(=O)NCc1ccccc1OC(C)(C)C)C1CCC(CO)CC1. The quantitative estimate of drug-likeness (QED) is 0.855. The van der Waals surface area contributed by atoms with Gasteiger partial charge >= 0.3 is 6.03 Å². The first-order valence-electron chi connectivity index (χ1n) is 9.18. The zero-order valence-corrected chi connectivity index (χ0v) is 15.9. The molecule has 1 aromatic carbocycles. The van der Waals surface area contributed by atoms with Gasteiger partial charge in [-0.3, -0.25) is 0 Å². The summed E-state index contributed by atoms with van der Waals surface area (Å²) in [6, 6.07) is 8.01. The van der Waals surface area contributed by atoms with E-state index < -0.39 is 0 Å². The average Bonchev–Trinajstić information content (AvgIpc) is 2.59. The second-order valence-electron chi connectivity index (χ2n) is 7.95. The molecule has 0 saturated heterocycles. The minimum atomic E-state index is -0.276. The Morgan fingerprint density at radius 1 is 1.24 bits per heavy atom. The molecule has 1 saturated carbocycles. The van der Waals surface area contributed by atoms with Crippen LogP contribution in [0.5, 0.6) is 5.75 Å². The topological polar surface area (TPSA) is 61.8 Å². The lowest BCUT2D eigenvalue weighted by Gasteiger charge is -2.34. The van der Waals surface area contributed by atoms with Gasteiger partial charge in [0, 0.05) is 31.8 Å². The van der Waals surface area contributed by atoms with Crippen molar-refractivity contribution in [3.63, 3.8) is 0 Å². The Morgan fingerprint density at radius 3 is 2.48 bits per heavy atom. The van der Waals surface area contributed by atoms with Crippen LogP contribution < -0.4 is 10.1 Å². The van der Waals surface area contributed by atoms with Crippen LogP contribution in [0.3, 0.4) is 0 Å². The van der Waals surface area contributed by atoms with E-state index in [2.05, 4.69) is 5.32 Å². The molecule has 5 heteroatoms. The summed E-state index contributed by atoms with van der Waals surface area (Å²) in [6.07, 6.45) is 3.89. The van der Waals surface area contributed by atoms with Crippen LogP contribution in [0.25, 0.3) is 0 Å². The number of rotatable bonds is 5. The summed E-state index contributed by atoms with van der Waals surface area (Å²) in [5.74, 6) is 1.20. The number of hydrogen-bond donors (Lipinski definition) is 2. The number of nitrogens with zero attached hydrogens (tertiary/aromatic N) is 1. The van der Waals surface area contributed by atoms with Gasteiger partial charge in [0.05, 0.1) is 0 Å². The highest BCUT2D eigenvalue weighted by molar-refractivity contribution is 5.74. The number of hydrogen-bond acceptors (Lipinski definition) is 3. The molecule has 1 aliphatic carbocycles. The molecule has 0 aromatic heterocycles. The van der Waals surface area contributed by atoms with Gasteiger partial charge in [-0.05, 0) is 58.4 Å². The van der Waals surface area contributed by atoms with Gasteiger partial charge < -0.3 is 20.1 Å². The largest absolute Gasteiger partial charge is 0.488 e. The van der Waals surface area contributed by atoms with Crippen molar-refractivity contribution in [2.45, 2.75) is 64.6 Å². The fourth-order valence-corrected chi connectivity index (χ4v) is 3.26. The molecule has 1 aliphatic rings. The van der Waals surface area contributed by atoms with Gasteiger partial charge in [0.1, 0.15) is 11.4 Å². The number of urea groups is 1. The standard InChI is InChI=1S/C20H32N2O3/c1-20(2,3)25-18-8-6-5-7-16(18)13-21-19(24)22(4)17-11-9-15(14-23)10-12-17/h5-8,15,17,23H,9-14H2,1-4H3,(H,21,24). The van der Waals surface area contributed by atoms with E-state index in [1.54, 1.807) is 4.90 Å². The highest BCUT2D eigenvalue weighted by Crippen LogP contribution is 2.27. The van der Waals surface area contributed by atoms with Crippen molar-refractivity contribution in [1.29, 1.82) is 0 Å². The molecule has 0 atom stereocenters. The normalized spacial score (nSPS) is 20.8. The smallest absolute Gasteiger partial charge is 0.317 e. The number of aliphatic hydroxyl groups excluding tert-OH is 1. The molecule has 0 heterocycles. The van der Waals surface area contributed by atoms with Gasteiger partial charge in [0.2, 0.25) is 0 Å². The third-order valence-corrected chi connectivity index (χ3v) is 4.76. The molecule has 1 fully saturated rings. The van der Waals surface area contributed by atoms with E-state index in [0.717, 1.165) is 37.0 Å². The van der Waals surface area contributed by atoms with Crippen LogP contribution in [0.1, 0.15) is 52.0 Å². The second-order valence-corrected chi connectivity index (χ2v) is 7.95. The zero-order valence-electron chi connectivity index (χ0n) is 15.9. The van der Waals surface area contributed by atoms with E-state index in [1.807, 2.05) is 52.1 Å². The van der Waals surface area contributed by atoms with Crippen molar-refractivity contribution in [2.75, 3.05) is 13.7 Å². The van der Waals surface area contributed by atoms with E-state index in [1.165, 1.54) is 0 Å². The van der Waals surface area contributed by atoms with Crippen molar-refractivity contribution < 1.29 is 14.6 Å². The molecule has 0 unspecified atom stereocenters. The Labute approximate surface area is 151 Å². The zero-order chi connectivity index (χ0) is 18.4. The summed E-state index contributed by atoms with van der Waals surface area (Å²) in [4.78, 5) is 14.3. The minimum Gasteiger partial charge on any atom is -0.488 e.